The van der Waals surface area contributed by atoms with E-state index >= 15 is 0 Å². The zero-order valence-corrected chi connectivity index (χ0v) is 12.0. The van der Waals surface area contributed by atoms with Gasteiger partial charge in [-0.15, -0.1) is 0 Å². The maximum Gasteiger partial charge on any atom is 0.155 e. The summed E-state index contributed by atoms with van der Waals surface area (Å²) in [5, 5.41) is 0. The van der Waals surface area contributed by atoms with Gasteiger partial charge in [0.2, 0.25) is 0 Å². The summed E-state index contributed by atoms with van der Waals surface area (Å²) < 4.78 is 2.89. The minimum Gasteiger partial charge on any atom is -0.399 e. The molecule has 5 nitrogen and oxygen atoms in total. The van der Waals surface area contributed by atoms with Crippen LogP contribution in [0.4, 0.5) is 5.69 Å². The van der Waals surface area contributed by atoms with Crippen LogP contribution >= 0.6 is 22.6 Å². The lowest BCUT2D eigenvalue weighted by atomic mass is 10.2. The zero-order chi connectivity index (χ0) is 13.2. The van der Waals surface area contributed by atoms with Crippen LogP contribution in [0.3, 0.4) is 0 Å². The lowest BCUT2D eigenvalue weighted by Crippen LogP contribution is -2.02. The molecular formula is C13H10IN5. The predicted octanol–water partition coefficient (Wildman–Crippen LogP) is 2.52. The summed E-state index contributed by atoms with van der Waals surface area (Å²) >= 11 is 2.21. The van der Waals surface area contributed by atoms with Crippen LogP contribution in [-0.4, -0.2) is 19.5 Å². The van der Waals surface area contributed by atoms with Crippen LogP contribution in [0.5, 0.6) is 0 Å². The van der Waals surface area contributed by atoms with Crippen molar-refractivity contribution in [1.29, 1.82) is 0 Å². The van der Waals surface area contributed by atoms with E-state index in [1.54, 1.807) is 12.4 Å². The first-order chi connectivity index (χ1) is 9.25. The number of aromatic nitrogens is 4. The van der Waals surface area contributed by atoms with Crippen molar-refractivity contribution in [3.63, 3.8) is 0 Å². The van der Waals surface area contributed by atoms with Crippen LogP contribution in [-0.2, 0) is 0 Å². The van der Waals surface area contributed by atoms with Gasteiger partial charge in [-0.05, 0) is 34.7 Å². The van der Waals surface area contributed by atoms with E-state index in [4.69, 9.17) is 5.73 Å². The van der Waals surface area contributed by atoms with Gasteiger partial charge < -0.3 is 5.73 Å². The first-order valence-corrected chi connectivity index (χ1v) is 6.69. The van der Waals surface area contributed by atoms with Gasteiger partial charge >= 0.3 is 0 Å². The number of rotatable bonds is 2. The molecule has 0 fully saturated rings. The number of hydrogen-bond acceptors (Lipinski definition) is 4. The maximum atomic E-state index is 5.82. The average molecular weight is 363 g/mol. The molecule has 0 aliphatic heterocycles. The third-order valence-electron chi connectivity index (χ3n) is 2.66. The van der Waals surface area contributed by atoms with E-state index in [1.807, 2.05) is 35.0 Å². The van der Waals surface area contributed by atoms with Crippen molar-refractivity contribution in [2.75, 3.05) is 5.73 Å². The minimum atomic E-state index is 0.712. The van der Waals surface area contributed by atoms with Crippen LogP contribution in [0.1, 0.15) is 0 Å². The molecule has 6 heteroatoms. The van der Waals surface area contributed by atoms with Crippen LogP contribution in [0, 0.1) is 3.57 Å². The van der Waals surface area contributed by atoms with E-state index in [0.29, 0.717) is 5.69 Å². The molecule has 2 heterocycles. The molecule has 0 aliphatic carbocycles. The Hall–Kier alpha value is -1.96. The van der Waals surface area contributed by atoms with Gasteiger partial charge in [-0.1, -0.05) is 12.1 Å². The van der Waals surface area contributed by atoms with Gasteiger partial charge in [0.1, 0.15) is 12.2 Å². The lowest BCUT2D eigenvalue weighted by Gasteiger charge is -2.08. The molecule has 94 valence electrons. The second-order valence-electron chi connectivity index (χ2n) is 3.94. The Morgan fingerprint density at radius 2 is 2.11 bits per heavy atom. The number of nitrogen functional groups attached to an aromatic ring is 1. The monoisotopic (exact) mass is 363 g/mol. The van der Waals surface area contributed by atoms with Gasteiger partial charge in [0.15, 0.2) is 5.82 Å². The normalized spacial score (nSPS) is 10.6. The largest absolute Gasteiger partial charge is 0.399 e. The van der Waals surface area contributed by atoms with Gasteiger partial charge in [0.05, 0.1) is 3.57 Å². The van der Waals surface area contributed by atoms with E-state index in [1.165, 1.54) is 6.33 Å². The van der Waals surface area contributed by atoms with Gasteiger partial charge in [-0.25, -0.2) is 15.0 Å². The van der Waals surface area contributed by atoms with Crippen molar-refractivity contribution in [1.82, 2.24) is 19.5 Å². The third-order valence-corrected chi connectivity index (χ3v) is 3.42. The van der Waals surface area contributed by atoms with Crippen molar-refractivity contribution in [2.24, 2.45) is 0 Å². The molecule has 0 amide bonds. The van der Waals surface area contributed by atoms with Crippen molar-refractivity contribution < 1.29 is 0 Å². The Labute approximate surface area is 123 Å². The quantitative estimate of drug-likeness (QED) is 0.561. The van der Waals surface area contributed by atoms with Crippen LogP contribution < -0.4 is 5.73 Å². The summed E-state index contributed by atoms with van der Waals surface area (Å²) in [5.74, 6) is 1.62. The maximum absolute atomic E-state index is 5.82. The first kappa shape index (κ1) is 12.1. The third kappa shape index (κ3) is 2.30. The number of nitrogens with zero attached hydrogens (tertiary/aromatic N) is 4. The highest BCUT2D eigenvalue weighted by Gasteiger charge is 2.11. The molecule has 2 aromatic heterocycles. The fourth-order valence-corrected chi connectivity index (χ4v) is 2.41. The molecule has 0 spiro atoms. The average Bonchev–Trinajstić information content (AvgIpc) is 2.88. The Morgan fingerprint density at radius 3 is 2.89 bits per heavy atom. The summed E-state index contributed by atoms with van der Waals surface area (Å²) in [7, 11) is 0. The Morgan fingerprint density at radius 1 is 1.21 bits per heavy atom. The highest BCUT2D eigenvalue weighted by Crippen LogP contribution is 2.23. The molecule has 3 rings (SSSR count). The van der Waals surface area contributed by atoms with E-state index in [2.05, 4.69) is 37.5 Å². The number of nitrogens with two attached hydrogens (primary N) is 1. The van der Waals surface area contributed by atoms with Crippen molar-refractivity contribution in [3.05, 3.63) is 52.8 Å². The standard InChI is InChI=1S/C13H10IN5/c14-11-7-16-8-18-13(11)19-5-4-17-12(19)9-2-1-3-10(15)6-9/h1-8H,15H2. The SMILES string of the molecule is Nc1cccc(-c2nccn2-c2ncncc2I)c1. The summed E-state index contributed by atoms with van der Waals surface area (Å²) in [6.07, 6.45) is 6.92. The smallest absolute Gasteiger partial charge is 0.155 e. The second-order valence-corrected chi connectivity index (χ2v) is 5.10. The highest BCUT2D eigenvalue weighted by molar-refractivity contribution is 14.1. The molecule has 0 aliphatic rings. The number of anilines is 1. The zero-order valence-electron chi connectivity index (χ0n) is 9.86. The number of imidazole rings is 1. The van der Waals surface area contributed by atoms with Crippen LogP contribution in [0.15, 0.2) is 49.2 Å². The van der Waals surface area contributed by atoms with E-state index in [9.17, 15) is 0 Å². The predicted molar refractivity (Wildman–Crippen MR) is 81.7 cm³/mol. The second kappa shape index (κ2) is 4.96. The number of hydrogen-bond donors (Lipinski definition) is 1. The van der Waals surface area contributed by atoms with Gasteiger partial charge in [0, 0.05) is 29.8 Å². The molecular weight excluding hydrogens is 353 g/mol. The molecule has 0 saturated heterocycles. The fourth-order valence-electron chi connectivity index (χ4n) is 1.85. The Bertz CT molecular complexity index is 722. The van der Waals surface area contributed by atoms with Gasteiger partial charge in [-0.2, -0.15) is 0 Å². The van der Waals surface area contributed by atoms with Crippen LogP contribution in [0.25, 0.3) is 17.2 Å². The van der Waals surface area contributed by atoms with Crippen molar-refractivity contribution in [3.8, 4) is 17.2 Å². The van der Waals surface area contributed by atoms with Crippen molar-refractivity contribution in [2.45, 2.75) is 0 Å². The lowest BCUT2D eigenvalue weighted by molar-refractivity contribution is 0.966. The van der Waals surface area contributed by atoms with E-state index < -0.39 is 0 Å². The first-order valence-electron chi connectivity index (χ1n) is 5.61. The summed E-state index contributed by atoms with van der Waals surface area (Å²) in [5.41, 5.74) is 7.49. The molecule has 1 aromatic carbocycles. The topological polar surface area (TPSA) is 69.6 Å². The van der Waals surface area contributed by atoms with Crippen molar-refractivity contribution >= 4 is 28.3 Å². The fraction of sp³-hybridized carbons (Fsp3) is 0. The molecule has 0 atom stereocenters. The summed E-state index contributed by atoms with van der Waals surface area (Å²) in [6, 6.07) is 7.63. The molecule has 3 aromatic rings. The van der Waals surface area contributed by atoms with Gasteiger partial charge in [-0.3, -0.25) is 4.57 Å². The highest BCUT2D eigenvalue weighted by atomic mass is 127. The van der Waals surface area contributed by atoms with E-state index in [0.717, 1.165) is 20.8 Å². The van der Waals surface area contributed by atoms with E-state index in [-0.39, 0.29) is 0 Å². The Kier molecular flexibility index (Phi) is 3.16. The van der Waals surface area contributed by atoms with Gasteiger partial charge in [0.25, 0.3) is 0 Å². The molecule has 19 heavy (non-hydrogen) atoms. The summed E-state index contributed by atoms with van der Waals surface area (Å²) in [4.78, 5) is 12.7. The Balaban J connectivity index is 2.16. The number of halogens is 1. The molecule has 0 bridgehead atoms. The van der Waals surface area contributed by atoms with Crippen LogP contribution in [0.2, 0.25) is 0 Å². The molecule has 2 N–H and O–H groups in total. The molecule has 0 saturated carbocycles. The number of benzene rings is 1. The molecule has 0 unspecified atom stereocenters. The minimum absolute atomic E-state index is 0.712. The molecule has 0 radical (unpaired) electrons. The summed E-state index contributed by atoms with van der Waals surface area (Å²) in [6.45, 7) is 0.